The number of hydrogen-bond acceptors (Lipinski definition) is 3. The standard InChI is InChI=1S/C19H28N2O2/c1-19(2,3)11-9-17(22)23-16-8-6-7-15-18(16)14(13-20-15)10-12-21(4)5/h6-8,13,20H,9-12H2,1-5H3. The van der Waals surface area contributed by atoms with Gasteiger partial charge in [-0.2, -0.15) is 0 Å². The van der Waals surface area contributed by atoms with Crippen LogP contribution < -0.4 is 4.74 Å². The van der Waals surface area contributed by atoms with Crippen molar-refractivity contribution in [1.82, 2.24) is 9.88 Å². The van der Waals surface area contributed by atoms with Crippen LogP contribution in [-0.2, 0) is 11.2 Å². The average molecular weight is 316 g/mol. The highest BCUT2D eigenvalue weighted by Crippen LogP contribution is 2.30. The van der Waals surface area contributed by atoms with E-state index in [0.717, 1.165) is 30.3 Å². The summed E-state index contributed by atoms with van der Waals surface area (Å²) in [6.45, 7) is 7.35. The Bertz CT molecular complexity index is 666. The highest BCUT2D eigenvalue weighted by molar-refractivity contribution is 5.91. The number of hydrogen-bond donors (Lipinski definition) is 1. The van der Waals surface area contributed by atoms with Gasteiger partial charge in [0.15, 0.2) is 0 Å². The molecule has 0 bridgehead atoms. The number of esters is 1. The maximum Gasteiger partial charge on any atom is 0.311 e. The van der Waals surface area contributed by atoms with Crippen molar-refractivity contribution in [1.29, 1.82) is 0 Å². The predicted molar refractivity (Wildman–Crippen MR) is 94.9 cm³/mol. The van der Waals surface area contributed by atoms with Gasteiger partial charge in [-0.25, -0.2) is 0 Å². The summed E-state index contributed by atoms with van der Waals surface area (Å²) in [5, 5.41) is 1.03. The normalized spacial score (nSPS) is 12.1. The van der Waals surface area contributed by atoms with Crippen LogP contribution in [0.1, 0.15) is 39.2 Å². The van der Waals surface area contributed by atoms with Crippen LogP contribution in [0.15, 0.2) is 24.4 Å². The summed E-state index contributed by atoms with van der Waals surface area (Å²) in [6, 6.07) is 5.81. The molecule has 1 aromatic carbocycles. The lowest BCUT2D eigenvalue weighted by atomic mass is 9.91. The summed E-state index contributed by atoms with van der Waals surface area (Å²) < 4.78 is 5.66. The van der Waals surface area contributed by atoms with Gasteiger partial charge in [-0.1, -0.05) is 26.8 Å². The third-order valence-corrected chi connectivity index (χ3v) is 3.88. The van der Waals surface area contributed by atoms with E-state index in [0.29, 0.717) is 12.2 Å². The molecule has 4 heteroatoms. The first-order chi connectivity index (χ1) is 10.8. The third kappa shape index (κ3) is 5.10. The summed E-state index contributed by atoms with van der Waals surface area (Å²) in [5.74, 6) is 0.503. The molecule has 0 unspecified atom stereocenters. The van der Waals surface area contributed by atoms with E-state index in [-0.39, 0.29) is 11.4 Å². The minimum atomic E-state index is -0.160. The number of carbonyl (C=O) groups is 1. The topological polar surface area (TPSA) is 45.3 Å². The highest BCUT2D eigenvalue weighted by atomic mass is 16.5. The Morgan fingerprint density at radius 1 is 1.26 bits per heavy atom. The van der Waals surface area contributed by atoms with Crippen molar-refractivity contribution >= 4 is 16.9 Å². The molecule has 0 aliphatic rings. The highest BCUT2D eigenvalue weighted by Gasteiger charge is 2.16. The fourth-order valence-electron chi connectivity index (χ4n) is 2.50. The molecule has 0 fully saturated rings. The van der Waals surface area contributed by atoms with E-state index in [1.807, 2.05) is 24.4 Å². The molecule has 1 heterocycles. The van der Waals surface area contributed by atoms with Crippen LogP contribution >= 0.6 is 0 Å². The van der Waals surface area contributed by atoms with Crippen LogP contribution in [0.5, 0.6) is 5.75 Å². The SMILES string of the molecule is CN(C)CCc1c[nH]c2cccc(OC(=O)CCC(C)(C)C)c12. The van der Waals surface area contributed by atoms with Crippen molar-refractivity contribution in [3.8, 4) is 5.75 Å². The number of H-pyrrole nitrogens is 1. The van der Waals surface area contributed by atoms with E-state index in [1.54, 1.807) is 0 Å². The Balaban J connectivity index is 2.16. The van der Waals surface area contributed by atoms with E-state index in [2.05, 4.69) is 44.8 Å². The number of nitrogens with zero attached hydrogens (tertiary/aromatic N) is 1. The minimum absolute atomic E-state index is 0.135. The second-order valence-electron chi connectivity index (χ2n) is 7.58. The number of ether oxygens (including phenoxy) is 1. The van der Waals surface area contributed by atoms with Gasteiger partial charge < -0.3 is 14.6 Å². The van der Waals surface area contributed by atoms with Gasteiger partial charge in [-0.15, -0.1) is 0 Å². The van der Waals surface area contributed by atoms with Gasteiger partial charge in [0, 0.05) is 30.1 Å². The molecule has 0 aliphatic heterocycles. The molecule has 0 spiro atoms. The maximum atomic E-state index is 12.2. The molecular formula is C19H28N2O2. The summed E-state index contributed by atoms with van der Waals surface area (Å²) in [4.78, 5) is 17.6. The van der Waals surface area contributed by atoms with Gasteiger partial charge in [0.05, 0.1) is 0 Å². The Morgan fingerprint density at radius 3 is 2.65 bits per heavy atom. The number of aromatic nitrogens is 1. The Labute approximate surface area is 138 Å². The quantitative estimate of drug-likeness (QED) is 0.647. The zero-order valence-corrected chi connectivity index (χ0v) is 14.9. The zero-order valence-electron chi connectivity index (χ0n) is 14.9. The van der Waals surface area contributed by atoms with Gasteiger partial charge in [-0.3, -0.25) is 4.79 Å². The van der Waals surface area contributed by atoms with Crippen LogP contribution in [0.4, 0.5) is 0 Å². The molecule has 0 radical (unpaired) electrons. The van der Waals surface area contributed by atoms with Gasteiger partial charge in [0.25, 0.3) is 0 Å². The largest absolute Gasteiger partial charge is 0.426 e. The van der Waals surface area contributed by atoms with Crippen molar-refractivity contribution < 1.29 is 9.53 Å². The summed E-state index contributed by atoms with van der Waals surface area (Å²) in [6.07, 6.45) is 4.20. The van der Waals surface area contributed by atoms with E-state index in [9.17, 15) is 4.79 Å². The average Bonchev–Trinajstić information content (AvgIpc) is 2.86. The molecule has 2 rings (SSSR count). The summed E-state index contributed by atoms with van der Waals surface area (Å²) in [7, 11) is 4.12. The fourth-order valence-corrected chi connectivity index (χ4v) is 2.50. The summed E-state index contributed by atoms with van der Waals surface area (Å²) >= 11 is 0. The van der Waals surface area contributed by atoms with Crippen molar-refractivity contribution in [2.24, 2.45) is 5.41 Å². The minimum Gasteiger partial charge on any atom is -0.426 e. The van der Waals surface area contributed by atoms with Crippen LogP contribution in [0.25, 0.3) is 10.9 Å². The van der Waals surface area contributed by atoms with E-state index in [4.69, 9.17) is 4.74 Å². The first kappa shape index (κ1) is 17.5. The van der Waals surface area contributed by atoms with Gasteiger partial charge >= 0.3 is 5.97 Å². The van der Waals surface area contributed by atoms with Gasteiger partial charge in [0.1, 0.15) is 5.75 Å². The van der Waals surface area contributed by atoms with Crippen LogP contribution in [0, 0.1) is 5.41 Å². The van der Waals surface area contributed by atoms with Crippen molar-refractivity contribution in [2.75, 3.05) is 20.6 Å². The molecule has 1 aromatic heterocycles. The lowest BCUT2D eigenvalue weighted by Crippen LogP contribution is -2.15. The Kier molecular flexibility index (Phi) is 5.47. The first-order valence-corrected chi connectivity index (χ1v) is 8.21. The van der Waals surface area contributed by atoms with E-state index >= 15 is 0 Å². The van der Waals surface area contributed by atoms with Crippen molar-refractivity contribution in [3.63, 3.8) is 0 Å². The Morgan fingerprint density at radius 2 is 2.00 bits per heavy atom. The van der Waals surface area contributed by atoms with Crippen molar-refractivity contribution in [3.05, 3.63) is 30.0 Å². The van der Waals surface area contributed by atoms with Crippen LogP contribution in [-0.4, -0.2) is 36.5 Å². The molecule has 1 N–H and O–H groups in total. The molecule has 0 atom stereocenters. The van der Waals surface area contributed by atoms with Crippen LogP contribution in [0.2, 0.25) is 0 Å². The molecule has 126 valence electrons. The summed E-state index contributed by atoms with van der Waals surface area (Å²) in [5.41, 5.74) is 2.34. The molecule has 0 amide bonds. The maximum absolute atomic E-state index is 12.2. The number of fused-ring (bicyclic) bond motifs is 1. The van der Waals surface area contributed by atoms with Gasteiger partial charge in [0.2, 0.25) is 0 Å². The fraction of sp³-hybridized carbons (Fsp3) is 0.526. The molecule has 4 nitrogen and oxygen atoms in total. The third-order valence-electron chi connectivity index (χ3n) is 3.88. The molecule has 0 saturated carbocycles. The molecular weight excluding hydrogens is 288 g/mol. The molecule has 0 aliphatic carbocycles. The zero-order chi connectivity index (χ0) is 17.0. The second-order valence-corrected chi connectivity index (χ2v) is 7.58. The lowest BCUT2D eigenvalue weighted by Gasteiger charge is -2.17. The number of aromatic amines is 1. The molecule has 2 aromatic rings. The predicted octanol–water partition coefficient (Wildman–Crippen LogP) is 4.00. The van der Waals surface area contributed by atoms with Gasteiger partial charge in [-0.05, 0) is 50.0 Å². The second kappa shape index (κ2) is 7.18. The number of benzene rings is 1. The van der Waals surface area contributed by atoms with E-state index in [1.165, 1.54) is 5.56 Å². The van der Waals surface area contributed by atoms with Crippen LogP contribution in [0.3, 0.4) is 0 Å². The lowest BCUT2D eigenvalue weighted by molar-refractivity contribution is -0.134. The number of rotatable bonds is 6. The van der Waals surface area contributed by atoms with E-state index < -0.39 is 0 Å². The number of nitrogens with one attached hydrogen (secondary N) is 1. The smallest absolute Gasteiger partial charge is 0.311 e. The first-order valence-electron chi connectivity index (χ1n) is 8.21. The number of carbonyl (C=O) groups excluding carboxylic acids is 1. The number of likely N-dealkylation sites (N-methyl/N-ethyl adjacent to an activating group) is 1. The van der Waals surface area contributed by atoms with Crippen molar-refractivity contribution in [2.45, 2.75) is 40.0 Å². The molecule has 23 heavy (non-hydrogen) atoms. The Hall–Kier alpha value is -1.81. The molecule has 0 saturated heterocycles. The monoisotopic (exact) mass is 316 g/mol.